The second-order valence-corrected chi connectivity index (χ2v) is 5.03. The van der Waals surface area contributed by atoms with Crippen molar-refractivity contribution in [2.75, 3.05) is 0 Å². The van der Waals surface area contributed by atoms with E-state index in [0.29, 0.717) is 10.6 Å². The first-order chi connectivity index (χ1) is 7.72. The van der Waals surface area contributed by atoms with Gasteiger partial charge in [0, 0.05) is 0 Å². The molecule has 0 aliphatic heterocycles. The molecule has 2 rings (SSSR count). The van der Waals surface area contributed by atoms with Gasteiger partial charge in [-0.2, -0.15) is 14.7 Å². The standard InChI is InChI=1S/C9H7N5S2/c1-5-6(2)13-14-8(7(5)3-10)15-9-11-4-12-16-9/h4H,1-2H3. The average molecular weight is 249 g/mol. The van der Waals surface area contributed by atoms with E-state index in [1.807, 2.05) is 13.8 Å². The Bertz CT molecular complexity index is 544. The summed E-state index contributed by atoms with van der Waals surface area (Å²) < 4.78 is 4.65. The van der Waals surface area contributed by atoms with Gasteiger partial charge in [0.05, 0.1) is 11.3 Å². The fourth-order valence-electron chi connectivity index (χ4n) is 1.08. The average Bonchev–Trinajstić information content (AvgIpc) is 2.77. The van der Waals surface area contributed by atoms with Gasteiger partial charge in [0.1, 0.15) is 17.4 Å². The molecule has 0 atom stereocenters. The molecule has 0 radical (unpaired) electrons. The number of nitrogens with zero attached hydrogens (tertiary/aromatic N) is 5. The molecule has 7 heteroatoms. The highest BCUT2D eigenvalue weighted by Gasteiger charge is 2.13. The number of nitriles is 1. The molecule has 2 heterocycles. The number of hydrogen-bond acceptors (Lipinski definition) is 7. The summed E-state index contributed by atoms with van der Waals surface area (Å²) in [4.78, 5) is 4.03. The monoisotopic (exact) mass is 249 g/mol. The molecule has 2 aromatic rings. The molecule has 0 bridgehead atoms. The molecule has 0 fully saturated rings. The third-order valence-electron chi connectivity index (χ3n) is 2.06. The lowest BCUT2D eigenvalue weighted by Gasteiger charge is -2.04. The van der Waals surface area contributed by atoms with Gasteiger partial charge in [-0.1, -0.05) is 0 Å². The van der Waals surface area contributed by atoms with Crippen molar-refractivity contribution >= 4 is 23.3 Å². The van der Waals surface area contributed by atoms with E-state index in [9.17, 15) is 0 Å². The van der Waals surface area contributed by atoms with Crippen LogP contribution in [0.1, 0.15) is 16.8 Å². The predicted molar refractivity (Wildman–Crippen MR) is 60.3 cm³/mol. The summed E-state index contributed by atoms with van der Waals surface area (Å²) in [6.45, 7) is 3.70. The van der Waals surface area contributed by atoms with Gasteiger partial charge >= 0.3 is 0 Å². The van der Waals surface area contributed by atoms with Crippen molar-refractivity contribution in [3.8, 4) is 6.07 Å². The minimum Gasteiger partial charge on any atom is -0.216 e. The largest absolute Gasteiger partial charge is 0.216 e. The molecule has 0 amide bonds. The first-order valence-corrected chi connectivity index (χ1v) is 6.00. The molecule has 0 saturated heterocycles. The Morgan fingerprint density at radius 2 is 2.19 bits per heavy atom. The van der Waals surface area contributed by atoms with E-state index in [2.05, 4.69) is 25.6 Å². The smallest absolute Gasteiger partial charge is 0.176 e. The van der Waals surface area contributed by atoms with Gasteiger partial charge in [0.25, 0.3) is 0 Å². The highest BCUT2D eigenvalue weighted by Crippen LogP contribution is 2.30. The molecule has 0 spiro atoms. The van der Waals surface area contributed by atoms with E-state index in [4.69, 9.17) is 5.26 Å². The third kappa shape index (κ3) is 2.03. The van der Waals surface area contributed by atoms with Crippen LogP contribution >= 0.6 is 23.3 Å². The Morgan fingerprint density at radius 3 is 2.81 bits per heavy atom. The maximum atomic E-state index is 9.09. The second kappa shape index (κ2) is 4.55. The molecule has 0 unspecified atom stereocenters. The first kappa shape index (κ1) is 11.0. The van der Waals surface area contributed by atoms with Crippen molar-refractivity contribution in [1.29, 1.82) is 5.26 Å². The van der Waals surface area contributed by atoms with Crippen LogP contribution in [-0.2, 0) is 0 Å². The summed E-state index contributed by atoms with van der Waals surface area (Å²) in [7, 11) is 0. The van der Waals surface area contributed by atoms with Crippen LogP contribution in [0.3, 0.4) is 0 Å². The quantitative estimate of drug-likeness (QED) is 0.810. The summed E-state index contributed by atoms with van der Waals surface area (Å²) in [6.07, 6.45) is 1.48. The van der Waals surface area contributed by atoms with Crippen molar-refractivity contribution in [3.63, 3.8) is 0 Å². The van der Waals surface area contributed by atoms with E-state index < -0.39 is 0 Å². The molecule has 0 aromatic carbocycles. The molecule has 80 valence electrons. The first-order valence-electron chi connectivity index (χ1n) is 4.41. The van der Waals surface area contributed by atoms with Crippen LogP contribution in [0.4, 0.5) is 0 Å². The van der Waals surface area contributed by atoms with E-state index in [1.54, 1.807) is 0 Å². The van der Waals surface area contributed by atoms with Crippen molar-refractivity contribution in [1.82, 2.24) is 19.6 Å². The molecule has 2 aromatic heterocycles. The summed E-state index contributed by atoms with van der Waals surface area (Å²) in [5.74, 6) is 0. The summed E-state index contributed by atoms with van der Waals surface area (Å²) >= 11 is 2.59. The number of aromatic nitrogens is 4. The summed E-state index contributed by atoms with van der Waals surface area (Å²) in [5.41, 5.74) is 2.20. The van der Waals surface area contributed by atoms with Crippen LogP contribution in [0.15, 0.2) is 15.7 Å². The van der Waals surface area contributed by atoms with Gasteiger partial charge in [0.2, 0.25) is 0 Å². The Labute approximate surface area is 101 Å². The van der Waals surface area contributed by atoms with E-state index >= 15 is 0 Å². The Balaban J connectivity index is 2.42. The lowest BCUT2D eigenvalue weighted by Crippen LogP contribution is -1.98. The Morgan fingerprint density at radius 1 is 1.38 bits per heavy atom. The van der Waals surface area contributed by atoms with Crippen LogP contribution in [0.2, 0.25) is 0 Å². The van der Waals surface area contributed by atoms with Crippen molar-refractivity contribution in [2.24, 2.45) is 0 Å². The minimum atomic E-state index is 0.563. The van der Waals surface area contributed by atoms with Crippen LogP contribution in [0.25, 0.3) is 0 Å². The molecular weight excluding hydrogens is 242 g/mol. The lowest BCUT2D eigenvalue weighted by molar-refractivity contribution is 0.870. The highest BCUT2D eigenvalue weighted by molar-refractivity contribution is 8.00. The maximum absolute atomic E-state index is 9.09. The molecule has 0 aliphatic carbocycles. The molecule has 0 saturated carbocycles. The zero-order valence-corrected chi connectivity index (χ0v) is 10.3. The maximum Gasteiger partial charge on any atom is 0.176 e. The summed E-state index contributed by atoms with van der Waals surface area (Å²) in [5, 5.41) is 17.7. The van der Waals surface area contributed by atoms with Crippen LogP contribution in [0, 0.1) is 25.2 Å². The van der Waals surface area contributed by atoms with E-state index in [1.165, 1.54) is 29.6 Å². The van der Waals surface area contributed by atoms with Gasteiger partial charge in [-0.25, -0.2) is 4.98 Å². The predicted octanol–water partition coefficient (Wildman–Crippen LogP) is 1.97. The molecule has 16 heavy (non-hydrogen) atoms. The van der Waals surface area contributed by atoms with Crippen molar-refractivity contribution < 1.29 is 0 Å². The SMILES string of the molecule is Cc1nnc(Sc2ncns2)c(C#N)c1C. The summed E-state index contributed by atoms with van der Waals surface area (Å²) in [6, 6.07) is 2.15. The van der Waals surface area contributed by atoms with Gasteiger partial charge in [-0.3, -0.25) is 0 Å². The topological polar surface area (TPSA) is 75.3 Å². The zero-order chi connectivity index (χ0) is 11.5. The minimum absolute atomic E-state index is 0.563. The zero-order valence-electron chi connectivity index (χ0n) is 8.63. The third-order valence-corrected chi connectivity index (χ3v) is 3.75. The van der Waals surface area contributed by atoms with E-state index in [-0.39, 0.29) is 0 Å². The van der Waals surface area contributed by atoms with Crippen LogP contribution in [-0.4, -0.2) is 19.6 Å². The van der Waals surface area contributed by atoms with Gasteiger partial charge in [-0.05, 0) is 42.7 Å². The van der Waals surface area contributed by atoms with Crippen molar-refractivity contribution in [3.05, 3.63) is 23.1 Å². The molecule has 0 aliphatic rings. The molecule has 0 N–H and O–H groups in total. The van der Waals surface area contributed by atoms with Crippen molar-refractivity contribution in [2.45, 2.75) is 23.2 Å². The van der Waals surface area contributed by atoms with Crippen LogP contribution < -0.4 is 0 Å². The number of rotatable bonds is 2. The number of aryl methyl sites for hydroxylation is 1. The lowest BCUT2D eigenvalue weighted by atomic mass is 10.1. The fourth-order valence-corrected chi connectivity index (χ4v) is 2.52. The normalized spacial score (nSPS) is 10.1. The van der Waals surface area contributed by atoms with Crippen LogP contribution in [0.5, 0.6) is 0 Å². The van der Waals surface area contributed by atoms with Gasteiger partial charge < -0.3 is 0 Å². The van der Waals surface area contributed by atoms with E-state index in [0.717, 1.165) is 15.6 Å². The Kier molecular flexibility index (Phi) is 3.12. The second-order valence-electron chi connectivity index (χ2n) is 3.01. The van der Waals surface area contributed by atoms with Gasteiger partial charge in [-0.15, -0.1) is 5.10 Å². The van der Waals surface area contributed by atoms with Gasteiger partial charge in [0.15, 0.2) is 4.34 Å². The molecular formula is C9H7N5S2. The number of hydrogen-bond donors (Lipinski definition) is 0. The fraction of sp³-hybridized carbons (Fsp3) is 0.222. The Hall–Kier alpha value is -1.52. The molecule has 5 nitrogen and oxygen atoms in total. The highest BCUT2D eigenvalue weighted by atomic mass is 32.2.